The van der Waals surface area contributed by atoms with Crippen LogP contribution >= 0.6 is 0 Å². The summed E-state index contributed by atoms with van der Waals surface area (Å²) in [6.45, 7) is 7.99. The lowest BCUT2D eigenvalue weighted by Gasteiger charge is -2.36. The third-order valence-electron chi connectivity index (χ3n) is 4.68. The first kappa shape index (κ1) is 20.7. The van der Waals surface area contributed by atoms with Crippen LogP contribution in [0.4, 0.5) is 10.5 Å². The van der Waals surface area contributed by atoms with Gasteiger partial charge in [-0.3, -0.25) is 10.2 Å². The van der Waals surface area contributed by atoms with Crippen LogP contribution in [0.2, 0.25) is 0 Å². The number of benzene rings is 1. The summed E-state index contributed by atoms with van der Waals surface area (Å²) in [5.41, 5.74) is 2.73. The van der Waals surface area contributed by atoms with Crippen molar-refractivity contribution in [2.45, 2.75) is 20.0 Å². The van der Waals surface area contributed by atoms with E-state index in [0.29, 0.717) is 12.2 Å². The fraction of sp³-hybridized carbons (Fsp3) is 0.450. The number of nitrogens with zero attached hydrogens (tertiary/aromatic N) is 4. The van der Waals surface area contributed by atoms with Gasteiger partial charge in [-0.15, -0.1) is 0 Å². The van der Waals surface area contributed by atoms with Crippen LogP contribution in [0.15, 0.2) is 46.1 Å². The number of amides is 1. The molecule has 1 aliphatic rings. The average Bonchev–Trinajstić information content (AvgIpc) is 3.26. The Morgan fingerprint density at radius 2 is 1.97 bits per heavy atom. The van der Waals surface area contributed by atoms with Crippen LogP contribution in [0.1, 0.15) is 18.2 Å². The summed E-state index contributed by atoms with van der Waals surface area (Å²) in [6, 6.07) is 9.50. The van der Waals surface area contributed by atoms with Crippen LogP contribution in [-0.4, -0.2) is 66.8 Å². The lowest BCUT2D eigenvalue weighted by atomic mass is 10.2. The maximum absolute atomic E-state index is 11.3. The number of aliphatic imine (C=N–C) groups is 1. The second kappa shape index (κ2) is 10.5. The summed E-state index contributed by atoms with van der Waals surface area (Å²) in [6.07, 6.45) is 1.13. The molecule has 0 saturated carbocycles. The summed E-state index contributed by atoms with van der Waals surface area (Å²) >= 11 is 0. The van der Waals surface area contributed by atoms with Crippen molar-refractivity contribution in [1.82, 2.24) is 20.3 Å². The van der Waals surface area contributed by atoms with Crippen LogP contribution in [0.5, 0.6) is 0 Å². The predicted molar refractivity (Wildman–Crippen MR) is 111 cm³/mol. The molecule has 29 heavy (non-hydrogen) atoms. The second-order valence-electron chi connectivity index (χ2n) is 6.74. The molecule has 1 aromatic carbocycles. The molecule has 156 valence electrons. The van der Waals surface area contributed by atoms with Crippen LogP contribution in [0, 0.1) is 0 Å². The average molecular weight is 400 g/mol. The minimum absolute atomic E-state index is 0.479. The molecule has 0 radical (unpaired) electrons. The molecule has 1 saturated heterocycles. The van der Waals surface area contributed by atoms with Gasteiger partial charge in [-0.05, 0) is 24.6 Å². The summed E-state index contributed by atoms with van der Waals surface area (Å²) in [5.74, 6) is 0.922. The zero-order valence-corrected chi connectivity index (χ0v) is 16.9. The van der Waals surface area contributed by atoms with Crippen molar-refractivity contribution in [2.75, 3.05) is 45.2 Å². The molecule has 0 bridgehead atoms. The second-order valence-corrected chi connectivity index (χ2v) is 6.74. The molecule has 0 aliphatic carbocycles. The van der Waals surface area contributed by atoms with Crippen molar-refractivity contribution in [3.63, 3.8) is 0 Å². The number of hydrogen-bond donors (Lipinski definition) is 2. The molecule has 1 aromatic heterocycles. The Balaban J connectivity index is 1.53. The number of methoxy groups -OCH3 is 1. The molecular formula is C20H28N6O3. The first-order chi connectivity index (χ1) is 14.2. The van der Waals surface area contributed by atoms with E-state index in [-0.39, 0.29) is 0 Å². The number of piperazine rings is 1. The van der Waals surface area contributed by atoms with Crippen LogP contribution in [0.3, 0.4) is 0 Å². The lowest BCUT2D eigenvalue weighted by Crippen LogP contribution is -2.52. The highest BCUT2D eigenvalue weighted by molar-refractivity contribution is 5.84. The zero-order valence-electron chi connectivity index (χ0n) is 16.9. The quantitative estimate of drug-likeness (QED) is 0.567. The van der Waals surface area contributed by atoms with Crippen molar-refractivity contribution in [3.05, 3.63) is 47.9 Å². The number of nitrogens with one attached hydrogen (secondary N) is 2. The normalized spacial score (nSPS) is 15.2. The SMILES string of the molecule is CCNC(=NCc1ccc(NC(=O)OC)cc1)N1CCN(Cc2ccon2)CC1. The van der Waals surface area contributed by atoms with Gasteiger partial charge < -0.3 is 19.5 Å². The molecule has 9 heteroatoms. The van der Waals surface area contributed by atoms with Gasteiger partial charge in [0.2, 0.25) is 0 Å². The number of rotatable bonds is 6. The van der Waals surface area contributed by atoms with Crippen molar-refractivity contribution in [3.8, 4) is 0 Å². The first-order valence-electron chi connectivity index (χ1n) is 9.76. The maximum Gasteiger partial charge on any atom is 0.411 e. The number of aromatic nitrogens is 1. The monoisotopic (exact) mass is 400 g/mol. The van der Waals surface area contributed by atoms with Crippen LogP contribution in [0.25, 0.3) is 0 Å². The highest BCUT2D eigenvalue weighted by atomic mass is 16.5. The molecule has 3 rings (SSSR count). The van der Waals surface area contributed by atoms with Gasteiger partial charge >= 0.3 is 6.09 Å². The Hall–Kier alpha value is -3.07. The first-order valence-corrected chi connectivity index (χ1v) is 9.76. The fourth-order valence-corrected chi connectivity index (χ4v) is 3.12. The van der Waals surface area contributed by atoms with E-state index in [0.717, 1.165) is 56.5 Å². The Morgan fingerprint density at radius 1 is 1.21 bits per heavy atom. The number of hydrogen-bond acceptors (Lipinski definition) is 6. The Kier molecular flexibility index (Phi) is 7.46. The van der Waals surface area contributed by atoms with Crippen LogP contribution < -0.4 is 10.6 Å². The number of anilines is 1. The third kappa shape index (κ3) is 6.21. The highest BCUT2D eigenvalue weighted by Gasteiger charge is 2.20. The molecule has 0 spiro atoms. The maximum atomic E-state index is 11.3. The minimum atomic E-state index is -0.479. The predicted octanol–water partition coefficient (Wildman–Crippen LogP) is 2.14. The topological polar surface area (TPSA) is 95.2 Å². The number of guanidine groups is 1. The Bertz CT molecular complexity index is 783. The van der Waals surface area contributed by atoms with Crippen molar-refractivity contribution in [1.29, 1.82) is 0 Å². The van der Waals surface area contributed by atoms with Crippen LogP contribution in [-0.2, 0) is 17.8 Å². The van der Waals surface area contributed by atoms with Gasteiger partial charge in [0.25, 0.3) is 0 Å². The number of carbonyl (C=O) groups is 1. The van der Waals surface area contributed by atoms with Gasteiger partial charge in [-0.2, -0.15) is 0 Å². The van der Waals surface area contributed by atoms with E-state index in [4.69, 9.17) is 9.52 Å². The van der Waals surface area contributed by atoms with Gasteiger partial charge in [0.15, 0.2) is 5.96 Å². The Morgan fingerprint density at radius 3 is 2.59 bits per heavy atom. The molecule has 1 amide bonds. The van der Waals surface area contributed by atoms with E-state index in [2.05, 4.69) is 37.3 Å². The van der Waals surface area contributed by atoms with Gasteiger partial charge in [0.05, 0.1) is 19.3 Å². The van der Waals surface area contributed by atoms with E-state index < -0.39 is 6.09 Å². The smallest absolute Gasteiger partial charge is 0.411 e. The van der Waals surface area contributed by atoms with Crippen molar-refractivity contribution in [2.24, 2.45) is 4.99 Å². The van der Waals surface area contributed by atoms with E-state index in [1.807, 2.05) is 30.3 Å². The molecule has 2 heterocycles. The molecule has 9 nitrogen and oxygen atoms in total. The van der Waals surface area contributed by atoms with Crippen molar-refractivity contribution >= 4 is 17.7 Å². The lowest BCUT2D eigenvalue weighted by molar-refractivity contribution is 0.169. The highest BCUT2D eigenvalue weighted by Crippen LogP contribution is 2.12. The summed E-state index contributed by atoms with van der Waals surface area (Å²) < 4.78 is 9.51. The number of carbonyl (C=O) groups excluding carboxylic acids is 1. The summed E-state index contributed by atoms with van der Waals surface area (Å²) in [5, 5.41) is 10.0. The standard InChI is InChI=1S/C20H28N6O3/c1-3-21-19(22-14-16-4-6-17(7-5-16)23-20(27)28-2)26-11-9-25(10-12-26)15-18-8-13-29-24-18/h4-8,13H,3,9-12,14-15H2,1-2H3,(H,21,22)(H,23,27). The summed E-state index contributed by atoms with van der Waals surface area (Å²) in [7, 11) is 1.34. The molecular weight excluding hydrogens is 372 g/mol. The summed E-state index contributed by atoms with van der Waals surface area (Å²) in [4.78, 5) is 20.7. The molecule has 0 unspecified atom stereocenters. The van der Waals surface area contributed by atoms with Gasteiger partial charge in [0, 0.05) is 51.0 Å². The van der Waals surface area contributed by atoms with E-state index in [9.17, 15) is 4.79 Å². The van der Waals surface area contributed by atoms with Crippen molar-refractivity contribution < 1.29 is 14.1 Å². The number of ether oxygens (including phenoxy) is 1. The van der Waals surface area contributed by atoms with Gasteiger partial charge in [-0.25, -0.2) is 9.79 Å². The third-order valence-corrected chi connectivity index (χ3v) is 4.68. The molecule has 0 atom stereocenters. The largest absolute Gasteiger partial charge is 0.453 e. The van der Waals surface area contributed by atoms with Gasteiger partial charge in [0.1, 0.15) is 6.26 Å². The van der Waals surface area contributed by atoms with E-state index in [1.165, 1.54) is 7.11 Å². The van der Waals surface area contributed by atoms with E-state index >= 15 is 0 Å². The van der Waals surface area contributed by atoms with E-state index in [1.54, 1.807) is 6.26 Å². The Labute approximate surface area is 170 Å². The molecule has 2 aromatic rings. The fourth-order valence-electron chi connectivity index (χ4n) is 3.12. The molecule has 2 N–H and O–H groups in total. The zero-order chi connectivity index (χ0) is 20.5. The molecule has 1 aliphatic heterocycles. The molecule has 1 fully saturated rings. The van der Waals surface area contributed by atoms with Gasteiger partial charge in [-0.1, -0.05) is 17.3 Å². The minimum Gasteiger partial charge on any atom is -0.453 e.